The third-order valence-electron chi connectivity index (χ3n) is 3.27. The summed E-state index contributed by atoms with van der Waals surface area (Å²) >= 11 is 0. The Morgan fingerprint density at radius 2 is 1.75 bits per heavy atom. The molecule has 1 heterocycles. The van der Waals surface area contributed by atoms with Crippen LogP contribution in [0.3, 0.4) is 0 Å². The Kier molecular flexibility index (Phi) is 5.56. The van der Waals surface area contributed by atoms with Gasteiger partial charge in [0.2, 0.25) is 0 Å². The Hall–Kier alpha value is -1.87. The van der Waals surface area contributed by atoms with Gasteiger partial charge in [0.25, 0.3) is 0 Å². The molecule has 2 aromatic rings. The summed E-state index contributed by atoms with van der Waals surface area (Å²) in [6, 6.07) is 12.4. The third kappa shape index (κ3) is 4.07. The van der Waals surface area contributed by atoms with Crippen LogP contribution in [-0.4, -0.2) is 23.0 Å². The lowest BCUT2D eigenvalue weighted by Crippen LogP contribution is -2.22. The molecular weight excluding hydrogens is 248 g/mol. The van der Waals surface area contributed by atoms with Crippen LogP contribution in [0.15, 0.2) is 48.8 Å². The van der Waals surface area contributed by atoms with Gasteiger partial charge < -0.3 is 4.74 Å². The molecule has 0 radical (unpaired) electrons. The molecule has 0 unspecified atom stereocenters. The highest BCUT2D eigenvalue weighted by atomic mass is 16.5. The van der Waals surface area contributed by atoms with Gasteiger partial charge in [-0.25, -0.2) is 0 Å². The predicted molar refractivity (Wildman–Crippen MR) is 81.6 cm³/mol. The maximum Gasteiger partial charge on any atom is 0.123 e. The van der Waals surface area contributed by atoms with E-state index in [1.165, 1.54) is 11.1 Å². The van der Waals surface area contributed by atoms with Crippen LogP contribution in [0.2, 0.25) is 0 Å². The molecule has 0 bridgehead atoms. The van der Waals surface area contributed by atoms with Gasteiger partial charge in [0, 0.05) is 31.0 Å². The minimum atomic E-state index is 0.702. The normalized spacial score (nSPS) is 10.8. The van der Waals surface area contributed by atoms with E-state index in [9.17, 15) is 0 Å². The van der Waals surface area contributed by atoms with Gasteiger partial charge in [-0.2, -0.15) is 0 Å². The number of hydrogen-bond donors (Lipinski definition) is 0. The minimum Gasteiger partial charge on any atom is -0.494 e. The summed E-state index contributed by atoms with van der Waals surface area (Å²) in [5, 5.41) is 0. The number of benzene rings is 1. The van der Waals surface area contributed by atoms with Crippen molar-refractivity contribution in [2.24, 2.45) is 0 Å². The Bertz CT molecular complexity index is 513. The largest absolute Gasteiger partial charge is 0.494 e. The van der Waals surface area contributed by atoms with Gasteiger partial charge in [0.15, 0.2) is 0 Å². The molecule has 106 valence electrons. The van der Waals surface area contributed by atoms with Crippen molar-refractivity contribution in [3.63, 3.8) is 0 Å². The molecule has 3 nitrogen and oxygen atoms in total. The van der Waals surface area contributed by atoms with Crippen LogP contribution < -0.4 is 4.74 Å². The first-order valence-corrected chi connectivity index (χ1v) is 7.15. The minimum absolute atomic E-state index is 0.702. The lowest BCUT2D eigenvalue weighted by Gasteiger charge is -2.22. The van der Waals surface area contributed by atoms with Crippen LogP contribution in [-0.2, 0) is 13.1 Å². The van der Waals surface area contributed by atoms with Gasteiger partial charge in [-0.3, -0.25) is 9.88 Å². The van der Waals surface area contributed by atoms with Crippen molar-refractivity contribution in [2.75, 3.05) is 13.2 Å². The summed E-state index contributed by atoms with van der Waals surface area (Å²) in [6.07, 6.45) is 3.69. The van der Waals surface area contributed by atoms with E-state index in [2.05, 4.69) is 41.1 Å². The monoisotopic (exact) mass is 270 g/mol. The Labute approximate surface area is 121 Å². The molecule has 0 atom stereocenters. The molecule has 0 saturated heterocycles. The molecule has 0 saturated carbocycles. The molecule has 0 aliphatic carbocycles. The summed E-state index contributed by atoms with van der Waals surface area (Å²) in [5.41, 5.74) is 2.53. The SMILES string of the molecule is CCOc1ccccc1CN(CC)Cc1ccncc1. The van der Waals surface area contributed by atoms with E-state index in [1.54, 1.807) is 0 Å². The fourth-order valence-corrected chi connectivity index (χ4v) is 2.20. The highest BCUT2D eigenvalue weighted by molar-refractivity contribution is 5.33. The molecular formula is C17H22N2O. The van der Waals surface area contributed by atoms with Crippen molar-refractivity contribution < 1.29 is 4.74 Å². The van der Waals surface area contributed by atoms with Crippen LogP contribution in [0.25, 0.3) is 0 Å². The first-order valence-electron chi connectivity index (χ1n) is 7.15. The Morgan fingerprint density at radius 1 is 1.00 bits per heavy atom. The van der Waals surface area contributed by atoms with Crippen LogP contribution in [0.4, 0.5) is 0 Å². The van der Waals surface area contributed by atoms with Gasteiger partial charge in [-0.05, 0) is 37.2 Å². The first kappa shape index (κ1) is 14.5. The molecule has 0 aliphatic rings. The summed E-state index contributed by atoms with van der Waals surface area (Å²) in [7, 11) is 0. The second-order valence-corrected chi connectivity index (χ2v) is 4.70. The standard InChI is InChI=1S/C17H22N2O/c1-3-19(13-15-9-11-18-12-10-15)14-16-7-5-6-8-17(16)20-4-2/h5-12H,3-4,13-14H2,1-2H3. The summed E-state index contributed by atoms with van der Waals surface area (Å²) in [6.45, 7) is 7.74. The maximum absolute atomic E-state index is 5.70. The van der Waals surface area contributed by atoms with Crippen molar-refractivity contribution in [1.82, 2.24) is 9.88 Å². The van der Waals surface area contributed by atoms with Crippen LogP contribution >= 0.6 is 0 Å². The summed E-state index contributed by atoms with van der Waals surface area (Å²) < 4.78 is 5.70. The number of aromatic nitrogens is 1. The molecule has 1 aromatic carbocycles. The number of ether oxygens (including phenoxy) is 1. The molecule has 0 N–H and O–H groups in total. The van der Waals surface area contributed by atoms with E-state index in [0.29, 0.717) is 6.61 Å². The number of para-hydroxylation sites is 1. The second kappa shape index (κ2) is 7.65. The number of rotatable bonds is 7. The third-order valence-corrected chi connectivity index (χ3v) is 3.27. The molecule has 20 heavy (non-hydrogen) atoms. The van der Waals surface area contributed by atoms with Crippen molar-refractivity contribution in [1.29, 1.82) is 0 Å². The molecule has 2 rings (SSSR count). The Morgan fingerprint density at radius 3 is 2.45 bits per heavy atom. The lowest BCUT2D eigenvalue weighted by molar-refractivity contribution is 0.262. The van der Waals surface area contributed by atoms with E-state index in [4.69, 9.17) is 4.74 Å². The smallest absolute Gasteiger partial charge is 0.123 e. The average Bonchev–Trinajstić information content (AvgIpc) is 2.50. The van der Waals surface area contributed by atoms with Gasteiger partial charge >= 0.3 is 0 Å². The van der Waals surface area contributed by atoms with Crippen molar-refractivity contribution in [3.05, 3.63) is 59.9 Å². The highest BCUT2D eigenvalue weighted by Crippen LogP contribution is 2.20. The van der Waals surface area contributed by atoms with E-state index in [1.807, 2.05) is 31.5 Å². The van der Waals surface area contributed by atoms with Gasteiger partial charge in [-0.15, -0.1) is 0 Å². The second-order valence-electron chi connectivity index (χ2n) is 4.70. The zero-order chi connectivity index (χ0) is 14.2. The molecule has 3 heteroatoms. The molecule has 0 fully saturated rings. The van der Waals surface area contributed by atoms with E-state index in [0.717, 1.165) is 25.4 Å². The first-order chi connectivity index (χ1) is 9.83. The molecule has 0 amide bonds. The zero-order valence-electron chi connectivity index (χ0n) is 12.2. The molecule has 0 aliphatic heterocycles. The van der Waals surface area contributed by atoms with Crippen LogP contribution in [0.5, 0.6) is 5.75 Å². The molecule has 0 spiro atoms. The van der Waals surface area contributed by atoms with E-state index < -0.39 is 0 Å². The fraction of sp³-hybridized carbons (Fsp3) is 0.353. The summed E-state index contributed by atoms with van der Waals surface area (Å²) in [4.78, 5) is 6.46. The van der Waals surface area contributed by atoms with Gasteiger partial charge in [0.05, 0.1) is 6.61 Å². The van der Waals surface area contributed by atoms with Crippen molar-refractivity contribution in [3.8, 4) is 5.75 Å². The van der Waals surface area contributed by atoms with E-state index in [-0.39, 0.29) is 0 Å². The molecule has 1 aromatic heterocycles. The lowest BCUT2D eigenvalue weighted by atomic mass is 10.1. The van der Waals surface area contributed by atoms with Crippen LogP contribution in [0.1, 0.15) is 25.0 Å². The number of hydrogen-bond acceptors (Lipinski definition) is 3. The van der Waals surface area contributed by atoms with Gasteiger partial charge in [-0.1, -0.05) is 25.1 Å². The predicted octanol–water partition coefficient (Wildman–Crippen LogP) is 3.50. The Balaban J connectivity index is 2.06. The topological polar surface area (TPSA) is 25.4 Å². The summed E-state index contributed by atoms with van der Waals surface area (Å²) in [5.74, 6) is 0.989. The van der Waals surface area contributed by atoms with E-state index >= 15 is 0 Å². The number of nitrogens with zero attached hydrogens (tertiary/aromatic N) is 2. The fourth-order valence-electron chi connectivity index (χ4n) is 2.20. The highest BCUT2D eigenvalue weighted by Gasteiger charge is 2.08. The van der Waals surface area contributed by atoms with Crippen molar-refractivity contribution >= 4 is 0 Å². The maximum atomic E-state index is 5.70. The average molecular weight is 270 g/mol. The zero-order valence-corrected chi connectivity index (χ0v) is 12.2. The van der Waals surface area contributed by atoms with Crippen molar-refractivity contribution in [2.45, 2.75) is 26.9 Å². The van der Waals surface area contributed by atoms with Gasteiger partial charge in [0.1, 0.15) is 5.75 Å². The number of pyridine rings is 1. The quantitative estimate of drug-likeness (QED) is 0.770. The van der Waals surface area contributed by atoms with Crippen LogP contribution in [0, 0.1) is 0 Å².